The van der Waals surface area contributed by atoms with Crippen molar-refractivity contribution in [2.45, 2.75) is 19.5 Å². The SMILES string of the molecule is Cc1nc(C(=O)N2CCCN(c3ccc4nnc(C(F)(F)F)n4n3)CC2)cs1. The van der Waals surface area contributed by atoms with E-state index in [-0.39, 0.29) is 11.6 Å². The van der Waals surface area contributed by atoms with Crippen molar-refractivity contribution in [3.63, 3.8) is 0 Å². The molecule has 0 N–H and O–H groups in total. The van der Waals surface area contributed by atoms with Gasteiger partial charge in [0.05, 0.1) is 5.01 Å². The standard InChI is InChI=1S/C16H16F3N7OS/c1-10-20-11(9-28-10)14(27)25-6-2-5-24(7-8-25)13-4-3-12-21-22-15(16(17,18)19)26(12)23-13/h3-4,9H,2,5-8H2,1H3. The Balaban J connectivity index is 1.53. The van der Waals surface area contributed by atoms with Crippen LogP contribution in [0.4, 0.5) is 19.0 Å². The van der Waals surface area contributed by atoms with E-state index in [4.69, 9.17) is 0 Å². The van der Waals surface area contributed by atoms with Crippen LogP contribution in [0, 0.1) is 6.92 Å². The molecule has 148 valence electrons. The second-order valence-electron chi connectivity index (χ2n) is 6.37. The third kappa shape index (κ3) is 3.51. The Morgan fingerprint density at radius 1 is 1.14 bits per heavy atom. The fraction of sp³-hybridized carbons (Fsp3) is 0.438. The lowest BCUT2D eigenvalue weighted by Crippen LogP contribution is -2.35. The molecular weight excluding hydrogens is 395 g/mol. The number of rotatable bonds is 2. The van der Waals surface area contributed by atoms with Gasteiger partial charge >= 0.3 is 6.18 Å². The summed E-state index contributed by atoms with van der Waals surface area (Å²) < 4.78 is 39.9. The second-order valence-corrected chi connectivity index (χ2v) is 7.43. The van der Waals surface area contributed by atoms with Crippen LogP contribution in [0.25, 0.3) is 5.65 Å². The molecule has 1 saturated heterocycles. The topological polar surface area (TPSA) is 79.5 Å². The number of thiazole rings is 1. The molecule has 0 saturated carbocycles. The van der Waals surface area contributed by atoms with Crippen molar-refractivity contribution < 1.29 is 18.0 Å². The highest BCUT2D eigenvalue weighted by atomic mass is 32.1. The van der Waals surface area contributed by atoms with E-state index in [2.05, 4.69) is 20.3 Å². The Morgan fingerprint density at radius 2 is 1.96 bits per heavy atom. The van der Waals surface area contributed by atoms with E-state index in [1.807, 2.05) is 11.8 Å². The van der Waals surface area contributed by atoms with Crippen molar-refractivity contribution in [3.8, 4) is 0 Å². The number of fused-ring (bicyclic) bond motifs is 1. The summed E-state index contributed by atoms with van der Waals surface area (Å²) in [6.45, 7) is 3.85. The van der Waals surface area contributed by atoms with Crippen LogP contribution in [0.1, 0.15) is 27.7 Å². The summed E-state index contributed by atoms with van der Waals surface area (Å²) in [5, 5.41) is 13.3. The summed E-state index contributed by atoms with van der Waals surface area (Å²) in [5.74, 6) is -0.903. The number of carbonyl (C=O) groups is 1. The first-order valence-electron chi connectivity index (χ1n) is 8.59. The number of halogens is 3. The number of hydrogen-bond acceptors (Lipinski definition) is 7. The summed E-state index contributed by atoms with van der Waals surface area (Å²) in [6, 6.07) is 3.07. The Hall–Kier alpha value is -2.76. The van der Waals surface area contributed by atoms with Crippen LogP contribution in [-0.4, -0.2) is 61.8 Å². The highest BCUT2D eigenvalue weighted by Gasteiger charge is 2.37. The molecule has 4 heterocycles. The van der Waals surface area contributed by atoms with Crippen molar-refractivity contribution in [1.82, 2.24) is 29.7 Å². The molecule has 1 amide bonds. The predicted molar refractivity (Wildman–Crippen MR) is 95.4 cm³/mol. The van der Waals surface area contributed by atoms with Crippen molar-refractivity contribution in [3.05, 3.63) is 34.0 Å². The lowest BCUT2D eigenvalue weighted by atomic mass is 10.3. The number of amides is 1. The Bertz CT molecular complexity index is 1020. The number of aromatic nitrogens is 5. The summed E-state index contributed by atoms with van der Waals surface area (Å²) >= 11 is 1.42. The van der Waals surface area contributed by atoms with E-state index in [1.54, 1.807) is 16.3 Å². The van der Waals surface area contributed by atoms with Gasteiger partial charge in [0.1, 0.15) is 11.5 Å². The van der Waals surface area contributed by atoms with Gasteiger partial charge in [0, 0.05) is 31.6 Å². The third-order valence-electron chi connectivity index (χ3n) is 4.45. The molecule has 28 heavy (non-hydrogen) atoms. The maximum absolute atomic E-state index is 13.1. The van der Waals surface area contributed by atoms with Gasteiger partial charge in [0.15, 0.2) is 5.65 Å². The van der Waals surface area contributed by atoms with Crippen molar-refractivity contribution in [2.24, 2.45) is 0 Å². The molecule has 1 aliphatic rings. The molecule has 1 aliphatic heterocycles. The van der Waals surface area contributed by atoms with Gasteiger partial charge in [0.25, 0.3) is 11.7 Å². The molecule has 0 unspecified atom stereocenters. The van der Waals surface area contributed by atoms with Crippen molar-refractivity contribution in [2.75, 3.05) is 31.1 Å². The van der Waals surface area contributed by atoms with Crippen LogP contribution in [0.2, 0.25) is 0 Å². The summed E-state index contributed by atoms with van der Waals surface area (Å²) in [7, 11) is 0. The predicted octanol–water partition coefficient (Wildman–Crippen LogP) is 2.26. The highest BCUT2D eigenvalue weighted by molar-refractivity contribution is 7.09. The van der Waals surface area contributed by atoms with Crippen LogP contribution in [0.3, 0.4) is 0 Å². The molecule has 0 aliphatic carbocycles. The fourth-order valence-corrected chi connectivity index (χ4v) is 3.68. The van der Waals surface area contributed by atoms with Gasteiger partial charge in [-0.2, -0.15) is 17.7 Å². The molecule has 3 aromatic rings. The number of alkyl halides is 3. The molecule has 0 radical (unpaired) electrons. The fourth-order valence-electron chi connectivity index (χ4n) is 3.10. The average Bonchev–Trinajstić information content (AvgIpc) is 3.19. The Morgan fingerprint density at radius 3 is 2.68 bits per heavy atom. The lowest BCUT2D eigenvalue weighted by molar-refractivity contribution is -0.146. The molecule has 4 rings (SSSR count). The number of carbonyl (C=O) groups excluding carboxylic acids is 1. The van der Waals surface area contributed by atoms with Gasteiger partial charge in [-0.05, 0) is 25.5 Å². The van der Waals surface area contributed by atoms with Gasteiger partial charge in [-0.3, -0.25) is 4.79 Å². The Labute approximate surface area is 161 Å². The number of aryl methyl sites for hydroxylation is 1. The van der Waals surface area contributed by atoms with Crippen molar-refractivity contribution in [1.29, 1.82) is 0 Å². The monoisotopic (exact) mass is 411 g/mol. The highest BCUT2D eigenvalue weighted by Crippen LogP contribution is 2.28. The largest absolute Gasteiger partial charge is 0.453 e. The van der Waals surface area contributed by atoms with E-state index in [0.29, 0.717) is 48.6 Å². The maximum Gasteiger partial charge on any atom is 0.453 e. The van der Waals surface area contributed by atoms with Crippen LogP contribution < -0.4 is 4.90 Å². The van der Waals surface area contributed by atoms with E-state index in [1.165, 1.54) is 17.4 Å². The minimum atomic E-state index is -4.64. The van der Waals surface area contributed by atoms with Crippen LogP contribution >= 0.6 is 11.3 Å². The van der Waals surface area contributed by atoms with E-state index >= 15 is 0 Å². The normalized spacial score (nSPS) is 15.9. The minimum Gasteiger partial charge on any atom is -0.353 e. The second kappa shape index (κ2) is 7.00. The van der Waals surface area contributed by atoms with Gasteiger partial charge in [-0.15, -0.1) is 26.6 Å². The number of anilines is 1. The first kappa shape index (κ1) is 18.6. The number of hydrogen-bond donors (Lipinski definition) is 0. The first-order chi connectivity index (χ1) is 13.3. The van der Waals surface area contributed by atoms with Gasteiger partial charge < -0.3 is 9.80 Å². The molecule has 3 aromatic heterocycles. The van der Waals surface area contributed by atoms with E-state index < -0.39 is 12.0 Å². The minimum absolute atomic E-state index is 0.0293. The van der Waals surface area contributed by atoms with Gasteiger partial charge in [-0.25, -0.2) is 4.98 Å². The summed E-state index contributed by atoms with van der Waals surface area (Å²) in [6.07, 6.45) is -3.97. The molecule has 1 fully saturated rings. The van der Waals surface area contributed by atoms with Crippen LogP contribution in [0.15, 0.2) is 17.5 Å². The van der Waals surface area contributed by atoms with Crippen LogP contribution in [-0.2, 0) is 6.18 Å². The molecule has 0 bridgehead atoms. The quantitative estimate of drug-likeness (QED) is 0.644. The molecule has 0 atom stereocenters. The Kier molecular flexibility index (Phi) is 4.65. The average molecular weight is 411 g/mol. The zero-order valence-electron chi connectivity index (χ0n) is 14.8. The molecule has 12 heteroatoms. The van der Waals surface area contributed by atoms with E-state index in [0.717, 1.165) is 5.01 Å². The van der Waals surface area contributed by atoms with Gasteiger partial charge in [-0.1, -0.05) is 0 Å². The van der Waals surface area contributed by atoms with E-state index in [9.17, 15) is 18.0 Å². The summed E-state index contributed by atoms with van der Waals surface area (Å²) in [5.41, 5.74) is 0.455. The lowest BCUT2D eigenvalue weighted by Gasteiger charge is -2.22. The summed E-state index contributed by atoms with van der Waals surface area (Å²) in [4.78, 5) is 20.4. The molecule has 0 aromatic carbocycles. The zero-order chi connectivity index (χ0) is 19.9. The molecule has 0 spiro atoms. The van der Waals surface area contributed by atoms with Crippen molar-refractivity contribution >= 4 is 28.7 Å². The number of nitrogens with zero attached hydrogens (tertiary/aromatic N) is 7. The maximum atomic E-state index is 13.1. The zero-order valence-corrected chi connectivity index (χ0v) is 15.7. The molecule has 8 nitrogen and oxygen atoms in total. The first-order valence-corrected chi connectivity index (χ1v) is 9.47. The van der Waals surface area contributed by atoms with Crippen LogP contribution in [0.5, 0.6) is 0 Å². The van der Waals surface area contributed by atoms with Gasteiger partial charge in [0.2, 0.25) is 0 Å². The molecular formula is C16H16F3N7OS. The third-order valence-corrected chi connectivity index (χ3v) is 5.22. The smallest absolute Gasteiger partial charge is 0.353 e.